The number of fused-ring (bicyclic) bond motifs is 1. The molecule has 3 rings (SSSR count). The lowest BCUT2D eigenvalue weighted by atomic mass is 9.85. The lowest BCUT2D eigenvalue weighted by Gasteiger charge is -2.26. The highest BCUT2D eigenvalue weighted by molar-refractivity contribution is 5.92. The zero-order valence-corrected chi connectivity index (χ0v) is 20.9. The summed E-state index contributed by atoms with van der Waals surface area (Å²) in [5, 5.41) is 0.811. The number of hydrogen-bond donors (Lipinski definition) is 0. The molecule has 2 aromatic carbocycles. The Morgan fingerprint density at radius 3 is 2.15 bits per heavy atom. The molecule has 6 nitrogen and oxygen atoms in total. The summed E-state index contributed by atoms with van der Waals surface area (Å²) < 4.78 is 17.3. The number of hydrogen-bond acceptors (Lipinski definition) is 6. The van der Waals surface area contributed by atoms with Crippen LogP contribution in [-0.4, -0.2) is 52.8 Å². The van der Waals surface area contributed by atoms with Crippen LogP contribution in [0.2, 0.25) is 0 Å². The predicted octanol–water partition coefficient (Wildman–Crippen LogP) is 5.05. The lowest BCUT2D eigenvalue weighted by Crippen LogP contribution is -2.25. The SMILES string of the molecule is CCN(CC)CCC(c1ccc(N(C)C)cc1)c1c(OC)cc(OC)c2c(C)cc(=O)oc12. The van der Waals surface area contributed by atoms with Crippen molar-refractivity contribution in [3.05, 3.63) is 63.5 Å². The number of anilines is 1. The molecular weight excluding hydrogens is 416 g/mol. The van der Waals surface area contributed by atoms with Crippen LogP contribution in [0.4, 0.5) is 5.69 Å². The van der Waals surface area contributed by atoms with Crippen molar-refractivity contribution in [2.75, 3.05) is 52.8 Å². The summed E-state index contributed by atoms with van der Waals surface area (Å²) in [5.41, 5.74) is 4.17. The second-order valence-electron chi connectivity index (χ2n) is 8.50. The van der Waals surface area contributed by atoms with Crippen LogP contribution in [0, 0.1) is 6.92 Å². The Kier molecular flexibility index (Phi) is 8.03. The second kappa shape index (κ2) is 10.8. The molecule has 0 amide bonds. The third kappa shape index (κ3) is 5.17. The van der Waals surface area contributed by atoms with E-state index in [1.165, 1.54) is 6.07 Å². The van der Waals surface area contributed by atoms with E-state index in [0.717, 1.165) is 53.8 Å². The molecule has 1 aromatic heterocycles. The fourth-order valence-electron chi connectivity index (χ4n) is 4.48. The minimum Gasteiger partial charge on any atom is -0.496 e. The first-order valence-electron chi connectivity index (χ1n) is 11.5. The van der Waals surface area contributed by atoms with Crippen LogP contribution in [0.1, 0.15) is 42.9 Å². The first-order chi connectivity index (χ1) is 15.8. The monoisotopic (exact) mass is 452 g/mol. The Morgan fingerprint density at radius 2 is 1.61 bits per heavy atom. The maximum absolute atomic E-state index is 12.4. The minimum atomic E-state index is -0.373. The van der Waals surface area contributed by atoms with Crippen molar-refractivity contribution in [1.29, 1.82) is 0 Å². The van der Waals surface area contributed by atoms with Gasteiger partial charge in [0.05, 0.1) is 19.6 Å². The molecule has 1 heterocycles. The molecule has 0 radical (unpaired) electrons. The summed E-state index contributed by atoms with van der Waals surface area (Å²) >= 11 is 0. The number of ether oxygens (including phenoxy) is 2. The van der Waals surface area contributed by atoms with Gasteiger partial charge in [0, 0.05) is 43.4 Å². The van der Waals surface area contributed by atoms with Gasteiger partial charge in [-0.05, 0) is 56.2 Å². The third-order valence-electron chi connectivity index (χ3n) is 6.41. The summed E-state index contributed by atoms with van der Waals surface area (Å²) in [5.74, 6) is 1.28. The van der Waals surface area contributed by atoms with Crippen LogP contribution < -0.4 is 20.0 Å². The van der Waals surface area contributed by atoms with Gasteiger partial charge in [-0.25, -0.2) is 4.79 Å². The number of rotatable bonds is 10. The standard InChI is InChI=1S/C27H36N2O4/c1-8-29(9-2)15-14-21(19-10-12-20(13-11-19)28(4)5)26-23(32-7)17-22(31-6)25-18(3)16-24(30)33-27(25)26/h10-13,16-17,21H,8-9,14-15H2,1-7H3. The van der Waals surface area contributed by atoms with Gasteiger partial charge >= 0.3 is 5.63 Å². The maximum Gasteiger partial charge on any atom is 0.336 e. The summed E-state index contributed by atoms with van der Waals surface area (Å²) in [4.78, 5) is 16.9. The maximum atomic E-state index is 12.4. The highest BCUT2D eigenvalue weighted by Gasteiger charge is 2.27. The highest BCUT2D eigenvalue weighted by atomic mass is 16.5. The van der Waals surface area contributed by atoms with Gasteiger partial charge in [-0.15, -0.1) is 0 Å². The van der Waals surface area contributed by atoms with Crippen molar-refractivity contribution >= 4 is 16.7 Å². The van der Waals surface area contributed by atoms with Gasteiger partial charge in [0.25, 0.3) is 0 Å². The van der Waals surface area contributed by atoms with Gasteiger partial charge in [-0.2, -0.15) is 0 Å². The van der Waals surface area contributed by atoms with Gasteiger partial charge in [0.1, 0.15) is 17.1 Å². The summed E-state index contributed by atoms with van der Waals surface area (Å²) in [6.07, 6.45) is 0.860. The van der Waals surface area contributed by atoms with Crippen LogP contribution in [0.25, 0.3) is 11.0 Å². The van der Waals surface area contributed by atoms with Crippen LogP contribution in [0.3, 0.4) is 0 Å². The van der Waals surface area contributed by atoms with E-state index in [-0.39, 0.29) is 11.5 Å². The quantitative estimate of drug-likeness (QED) is 0.401. The van der Waals surface area contributed by atoms with Crippen LogP contribution in [0.15, 0.2) is 45.6 Å². The van der Waals surface area contributed by atoms with Crippen molar-refractivity contribution in [3.63, 3.8) is 0 Å². The first kappa shape index (κ1) is 24.6. The van der Waals surface area contributed by atoms with E-state index in [1.807, 2.05) is 27.1 Å². The molecule has 0 fully saturated rings. The van der Waals surface area contributed by atoms with E-state index in [9.17, 15) is 4.79 Å². The Morgan fingerprint density at radius 1 is 0.970 bits per heavy atom. The molecule has 0 aliphatic heterocycles. The number of aryl methyl sites for hydroxylation is 1. The van der Waals surface area contributed by atoms with Gasteiger partial charge in [0.2, 0.25) is 0 Å². The fraction of sp³-hybridized carbons (Fsp3) is 0.444. The normalized spacial score (nSPS) is 12.2. The van der Waals surface area contributed by atoms with Gasteiger partial charge in [-0.3, -0.25) is 0 Å². The second-order valence-corrected chi connectivity index (χ2v) is 8.50. The van der Waals surface area contributed by atoms with E-state index in [1.54, 1.807) is 14.2 Å². The molecule has 0 spiro atoms. The van der Waals surface area contributed by atoms with E-state index in [4.69, 9.17) is 13.9 Å². The summed E-state index contributed by atoms with van der Waals surface area (Å²) in [6.45, 7) is 9.15. The van der Waals surface area contributed by atoms with Gasteiger partial charge in [-0.1, -0.05) is 26.0 Å². The molecule has 0 aliphatic carbocycles. The largest absolute Gasteiger partial charge is 0.496 e. The van der Waals surface area contributed by atoms with Gasteiger partial charge < -0.3 is 23.7 Å². The number of methoxy groups -OCH3 is 2. The zero-order valence-electron chi connectivity index (χ0n) is 20.9. The fourth-order valence-corrected chi connectivity index (χ4v) is 4.48. The molecule has 0 N–H and O–H groups in total. The molecule has 0 bridgehead atoms. The molecule has 0 aliphatic rings. The van der Waals surface area contributed by atoms with E-state index < -0.39 is 0 Å². The van der Waals surface area contributed by atoms with Crippen molar-refractivity contribution in [1.82, 2.24) is 4.90 Å². The van der Waals surface area contributed by atoms with E-state index in [0.29, 0.717) is 17.1 Å². The Bertz CT molecular complexity index is 1130. The average Bonchev–Trinajstić information content (AvgIpc) is 2.81. The Labute approximate surface area is 196 Å². The third-order valence-corrected chi connectivity index (χ3v) is 6.41. The van der Waals surface area contributed by atoms with Crippen molar-refractivity contribution in [2.24, 2.45) is 0 Å². The Hall–Kier alpha value is -2.99. The first-order valence-corrected chi connectivity index (χ1v) is 11.5. The smallest absolute Gasteiger partial charge is 0.336 e. The van der Waals surface area contributed by atoms with E-state index in [2.05, 4.69) is 47.9 Å². The summed E-state index contributed by atoms with van der Waals surface area (Å²) in [7, 11) is 7.33. The molecule has 33 heavy (non-hydrogen) atoms. The molecular formula is C27H36N2O4. The van der Waals surface area contributed by atoms with E-state index >= 15 is 0 Å². The predicted molar refractivity (Wildman–Crippen MR) is 135 cm³/mol. The Balaban J connectivity index is 2.28. The molecule has 178 valence electrons. The number of nitrogens with zero attached hydrogens (tertiary/aromatic N) is 2. The average molecular weight is 453 g/mol. The highest BCUT2D eigenvalue weighted by Crippen LogP contribution is 2.44. The van der Waals surface area contributed by atoms with Crippen molar-refractivity contribution in [2.45, 2.75) is 33.1 Å². The van der Waals surface area contributed by atoms with Crippen molar-refractivity contribution < 1.29 is 13.9 Å². The molecule has 1 unspecified atom stereocenters. The van der Waals surface area contributed by atoms with Crippen LogP contribution in [0.5, 0.6) is 11.5 Å². The van der Waals surface area contributed by atoms with Crippen LogP contribution in [-0.2, 0) is 0 Å². The zero-order chi connectivity index (χ0) is 24.1. The topological polar surface area (TPSA) is 55.2 Å². The molecule has 1 atom stereocenters. The lowest BCUT2D eigenvalue weighted by molar-refractivity contribution is 0.293. The molecule has 6 heteroatoms. The molecule has 3 aromatic rings. The van der Waals surface area contributed by atoms with Crippen molar-refractivity contribution in [3.8, 4) is 11.5 Å². The summed E-state index contributed by atoms with van der Waals surface area (Å²) in [6, 6.07) is 12.0. The minimum absolute atomic E-state index is 0.0184. The van der Waals surface area contributed by atoms with Gasteiger partial charge in [0.15, 0.2) is 0 Å². The molecule has 0 saturated carbocycles. The molecule has 0 saturated heterocycles. The number of benzene rings is 2. The van der Waals surface area contributed by atoms with Crippen LogP contribution >= 0.6 is 0 Å².